The molecule has 9 heteroatoms. The highest BCUT2D eigenvalue weighted by molar-refractivity contribution is 8.45. The molecule has 0 amide bonds. The smallest absolute Gasteiger partial charge is 0.310 e. The molecule has 0 unspecified atom stereocenters. The van der Waals surface area contributed by atoms with Crippen molar-refractivity contribution in [2.75, 3.05) is 5.32 Å². The monoisotopic (exact) mass is 313 g/mol. The highest BCUT2D eigenvalue weighted by Crippen LogP contribution is 3.02. The zero-order valence-corrected chi connectivity index (χ0v) is 11.7. The van der Waals surface area contributed by atoms with E-state index in [9.17, 15) is 24.2 Å². The van der Waals surface area contributed by atoms with E-state index in [0.717, 1.165) is 6.07 Å². The molecule has 1 rings (SSSR count). The first-order valence-corrected chi connectivity index (χ1v) is 7.53. The lowest BCUT2D eigenvalue weighted by molar-refractivity contribution is 0.101. The highest BCUT2D eigenvalue weighted by Gasteiger charge is 2.65. The first-order chi connectivity index (χ1) is 8.72. The van der Waals surface area contributed by atoms with Crippen molar-refractivity contribution in [2.24, 2.45) is 0 Å². The number of carbonyl (C=O) groups excluding carboxylic acids is 1. The van der Waals surface area contributed by atoms with Crippen LogP contribution in [0.25, 0.3) is 0 Å². The molecule has 20 heavy (non-hydrogen) atoms. The van der Waals surface area contributed by atoms with Crippen LogP contribution in [0.5, 0.6) is 0 Å². The molecule has 1 aromatic carbocycles. The fraction of sp³-hybridized carbons (Fsp3) is 0.182. The van der Waals surface area contributed by atoms with Gasteiger partial charge in [-0.2, -0.15) is 0 Å². The second-order valence-electron chi connectivity index (χ2n) is 4.40. The number of benzene rings is 1. The summed E-state index contributed by atoms with van der Waals surface area (Å²) in [6, 6.07) is 1.56. The molecule has 0 radical (unpaired) electrons. The number of hydrogen-bond acceptors (Lipinski definition) is 2. The summed E-state index contributed by atoms with van der Waals surface area (Å²) in [5.74, 6) is -0.654. The van der Waals surface area contributed by atoms with Crippen LogP contribution in [-0.4, -0.2) is 13.6 Å². The molecule has 0 aliphatic rings. The van der Waals surface area contributed by atoms with Crippen molar-refractivity contribution in [1.29, 1.82) is 0 Å². The van der Waals surface area contributed by atoms with E-state index in [1.165, 1.54) is 14.8 Å². The fourth-order valence-corrected chi connectivity index (χ4v) is 2.20. The Labute approximate surface area is 114 Å². The molecule has 2 nitrogen and oxygen atoms in total. The zero-order valence-electron chi connectivity index (χ0n) is 10.9. The van der Waals surface area contributed by atoms with Crippen molar-refractivity contribution in [2.45, 2.75) is 18.1 Å². The maximum atomic E-state index is 12.9. The Morgan fingerprint density at radius 3 is 2.20 bits per heavy atom. The predicted molar refractivity (Wildman–Crippen MR) is 74.0 cm³/mol. The fourth-order valence-electron chi connectivity index (χ4n) is 1.51. The molecule has 0 fully saturated rings. The largest absolute Gasteiger partial charge is 0.360 e. The maximum absolute atomic E-state index is 12.9. The van der Waals surface area contributed by atoms with Gasteiger partial charge in [-0.1, -0.05) is 26.0 Å². The van der Waals surface area contributed by atoms with Gasteiger partial charge < -0.3 is 5.32 Å². The van der Waals surface area contributed by atoms with Gasteiger partial charge >= 0.3 is 10.2 Å². The van der Waals surface area contributed by atoms with Crippen molar-refractivity contribution in [3.63, 3.8) is 0 Å². The third-order valence-corrected chi connectivity index (χ3v) is 3.48. The molecule has 0 aliphatic heterocycles. The van der Waals surface area contributed by atoms with Crippen molar-refractivity contribution in [3.8, 4) is 0 Å². The summed E-state index contributed by atoms with van der Waals surface area (Å²) in [6.07, 6.45) is -0.0870. The molecule has 1 N–H and O–H groups in total. The summed E-state index contributed by atoms with van der Waals surface area (Å²) in [4.78, 5) is 9.40. The van der Waals surface area contributed by atoms with Gasteiger partial charge in [0.25, 0.3) is 0 Å². The average molecular weight is 313 g/mol. The highest BCUT2D eigenvalue weighted by atomic mass is 32.5. The molecule has 0 aliphatic carbocycles. The Balaban J connectivity index is 3.55. The van der Waals surface area contributed by atoms with Crippen molar-refractivity contribution >= 4 is 29.5 Å². The number of halogens is 5. The average Bonchev–Trinajstić information content (AvgIpc) is 2.23. The summed E-state index contributed by atoms with van der Waals surface area (Å²) in [5.41, 5.74) is -0.402. The zero-order chi connectivity index (χ0) is 15.8. The molecule has 0 heterocycles. The topological polar surface area (TPSA) is 29.1 Å². The molecule has 112 valence electrons. The summed E-state index contributed by atoms with van der Waals surface area (Å²) in [6.45, 7) is 4.87. The number of allylic oxidation sites excluding steroid dienone is 1. The van der Waals surface area contributed by atoms with Crippen molar-refractivity contribution in [1.82, 2.24) is 0 Å². The van der Waals surface area contributed by atoms with Gasteiger partial charge in [0.2, 0.25) is 0 Å². The molecular weight excluding hydrogens is 300 g/mol. The second kappa shape index (κ2) is 4.24. The van der Waals surface area contributed by atoms with E-state index in [2.05, 4.69) is 11.9 Å². The van der Waals surface area contributed by atoms with Gasteiger partial charge in [0.1, 0.15) is 12.7 Å². The second-order valence-corrected chi connectivity index (χ2v) is 6.81. The number of ketones is 1. The van der Waals surface area contributed by atoms with Crippen LogP contribution >= 0.6 is 10.2 Å². The van der Waals surface area contributed by atoms with Gasteiger partial charge in [0.15, 0.2) is 5.78 Å². The van der Waals surface area contributed by atoms with Gasteiger partial charge in [-0.3, -0.25) is 4.79 Å². The number of rotatable bonds is 5. The Morgan fingerprint density at radius 2 is 1.80 bits per heavy atom. The molecule has 0 bridgehead atoms. The molecule has 0 atom stereocenters. The molecule has 0 saturated heterocycles. The van der Waals surface area contributed by atoms with Crippen LogP contribution in [-0.2, 0) is 0 Å². The van der Waals surface area contributed by atoms with Gasteiger partial charge in [0, 0.05) is 16.9 Å². The molecular formula is C11H13BF5NOS. The molecule has 0 spiro atoms. The van der Waals surface area contributed by atoms with E-state index in [1.54, 1.807) is 0 Å². The van der Waals surface area contributed by atoms with Gasteiger partial charge in [-0.05, 0) is 31.4 Å². The van der Waals surface area contributed by atoms with Gasteiger partial charge in [-0.15, -0.1) is 0 Å². The van der Waals surface area contributed by atoms with E-state index >= 15 is 0 Å². The Hall–Kier alpha value is -1.51. The van der Waals surface area contributed by atoms with E-state index in [4.69, 9.17) is 0 Å². The number of carbonyl (C=O) groups is 1. The van der Waals surface area contributed by atoms with Crippen LogP contribution in [0.4, 0.5) is 25.1 Å². The minimum Gasteiger partial charge on any atom is -0.360 e. The minimum atomic E-state index is -9.84. The number of Topliss-reactive ketones (excluding diaryl/α,β-unsaturated/α-hetero) is 1. The number of anilines is 1. The lowest BCUT2D eigenvalue weighted by Crippen LogP contribution is -2.09. The van der Waals surface area contributed by atoms with E-state index < -0.39 is 26.5 Å². The van der Waals surface area contributed by atoms with E-state index in [1.807, 2.05) is 0 Å². The van der Waals surface area contributed by atoms with Crippen LogP contribution < -0.4 is 5.32 Å². The SMILES string of the molecule is BCC(=O)c1cc(NC(=C)C)cc(S(F)(F)(F)(F)F)c1. The molecule has 1 aromatic rings. The van der Waals surface area contributed by atoms with E-state index in [0.29, 0.717) is 0 Å². The van der Waals surface area contributed by atoms with Crippen LogP contribution in [0.15, 0.2) is 35.4 Å². The van der Waals surface area contributed by atoms with Crippen molar-refractivity contribution < 1.29 is 24.2 Å². The molecule has 0 saturated carbocycles. The third kappa shape index (κ3) is 4.26. The third-order valence-electron chi connectivity index (χ3n) is 2.35. The van der Waals surface area contributed by atoms with Gasteiger partial charge in [0.05, 0.1) is 0 Å². The lowest BCUT2D eigenvalue weighted by atomic mass is 9.96. The Morgan fingerprint density at radius 1 is 1.25 bits per heavy atom. The lowest BCUT2D eigenvalue weighted by Gasteiger charge is -2.40. The first kappa shape index (κ1) is 16.5. The van der Waals surface area contributed by atoms with Crippen LogP contribution in [0, 0.1) is 0 Å². The maximum Gasteiger partial charge on any atom is 0.310 e. The summed E-state index contributed by atoms with van der Waals surface area (Å²) < 4.78 is 64.3. The summed E-state index contributed by atoms with van der Waals surface area (Å²) in [7, 11) is -8.41. The normalized spacial score (nSPS) is 15.1. The Kier molecular flexibility index (Phi) is 3.51. The van der Waals surface area contributed by atoms with Crippen LogP contribution in [0.2, 0.25) is 6.32 Å². The van der Waals surface area contributed by atoms with Gasteiger partial charge in [-0.25, -0.2) is 0 Å². The summed E-state index contributed by atoms with van der Waals surface area (Å²) in [5, 5.41) is 2.41. The number of hydrogen-bond donors (Lipinski definition) is 1. The van der Waals surface area contributed by atoms with E-state index in [-0.39, 0.29) is 29.8 Å². The summed E-state index contributed by atoms with van der Waals surface area (Å²) >= 11 is 0. The predicted octanol–water partition coefficient (Wildman–Crippen LogP) is 4.52. The minimum absolute atomic E-state index is 0.0870. The van der Waals surface area contributed by atoms with Crippen molar-refractivity contribution in [3.05, 3.63) is 36.0 Å². The standard InChI is InChI=1S/C11H13BF5NOS/c1-7(2)18-9-3-8(11(19)6-12)4-10(5-9)20(13,14,15,16)17/h3-5,18H,1,6,12H2,2H3. The molecule has 0 aromatic heterocycles. The van der Waals surface area contributed by atoms with Crippen LogP contribution in [0.1, 0.15) is 17.3 Å². The first-order valence-electron chi connectivity index (χ1n) is 5.58. The quantitative estimate of drug-likeness (QED) is 0.492. The van der Waals surface area contributed by atoms with Crippen LogP contribution in [0.3, 0.4) is 0 Å². The number of nitrogens with one attached hydrogen (secondary N) is 1. The Bertz CT molecular complexity index is 584.